The smallest absolute Gasteiger partial charge is 0.253 e. The van der Waals surface area contributed by atoms with E-state index >= 15 is 0 Å². The van der Waals surface area contributed by atoms with Crippen LogP contribution in [0.25, 0.3) is 0 Å². The molecule has 0 radical (unpaired) electrons. The summed E-state index contributed by atoms with van der Waals surface area (Å²) in [6, 6.07) is 7.28. The maximum absolute atomic E-state index is 12.5. The topological polar surface area (TPSA) is 52.7 Å². The minimum Gasteiger partial charge on any atom is -0.353 e. The summed E-state index contributed by atoms with van der Waals surface area (Å²) in [7, 11) is 2.12. The molecule has 0 bridgehead atoms. The molecule has 6 heteroatoms. The van der Waals surface area contributed by atoms with Crippen molar-refractivity contribution in [3.8, 4) is 0 Å². The number of carbonyl (C=O) groups is 2. The minimum absolute atomic E-state index is 0.0193. The third kappa shape index (κ3) is 4.73. The van der Waals surface area contributed by atoms with Crippen molar-refractivity contribution in [3.05, 3.63) is 34.9 Å². The Labute approximate surface area is 154 Å². The number of hydrogen-bond acceptors (Lipinski definition) is 3. The van der Waals surface area contributed by atoms with Gasteiger partial charge in [-0.1, -0.05) is 11.6 Å². The molecule has 0 aromatic heterocycles. The van der Waals surface area contributed by atoms with E-state index in [1.807, 2.05) is 4.90 Å². The van der Waals surface area contributed by atoms with Crippen molar-refractivity contribution in [2.75, 3.05) is 33.2 Å². The molecule has 1 aromatic carbocycles. The largest absolute Gasteiger partial charge is 0.353 e. The van der Waals surface area contributed by atoms with Gasteiger partial charge in [-0.3, -0.25) is 9.59 Å². The molecule has 2 fully saturated rings. The SMILES string of the molecule is CN1CCC(NC(=O)C2CCN(C(=O)c3ccc(Cl)cc3)CC2)CC1. The van der Waals surface area contributed by atoms with Gasteiger partial charge in [0.2, 0.25) is 5.91 Å². The third-order valence-electron chi connectivity index (χ3n) is 5.31. The molecule has 0 saturated carbocycles. The maximum Gasteiger partial charge on any atom is 0.253 e. The van der Waals surface area contributed by atoms with Crippen molar-refractivity contribution >= 4 is 23.4 Å². The molecule has 2 heterocycles. The average molecular weight is 364 g/mol. The fourth-order valence-electron chi connectivity index (χ4n) is 3.59. The lowest BCUT2D eigenvalue weighted by Crippen LogP contribution is -2.48. The van der Waals surface area contributed by atoms with Crippen LogP contribution in [-0.4, -0.2) is 60.9 Å². The first-order valence-electron chi connectivity index (χ1n) is 9.06. The Morgan fingerprint density at radius 2 is 1.60 bits per heavy atom. The number of carbonyl (C=O) groups excluding carboxylic acids is 2. The van der Waals surface area contributed by atoms with Gasteiger partial charge in [-0.15, -0.1) is 0 Å². The molecule has 0 unspecified atom stereocenters. The summed E-state index contributed by atoms with van der Waals surface area (Å²) in [6.45, 7) is 3.35. The van der Waals surface area contributed by atoms with Crippen molar-refractivity contribution in [1.82, 2.24) is 15.1 Å². The standard InChI is InChI=1S/C19H26ClN3O2/c1-22-10-8-17(9-11-22)21-18(24)14-6-12-23(13-7-14)19(25)15-2-4-16(20)5-3-15/h2-5,14,17H,6-13H2,1H3,(H,21,24). The number of hydrogen-bond donors (Lipinski definition) is 1. The van der Waals surface area contributed by atoms with Gasteiger partial charge in [0.15, 0.2) is 0 Å². The molecule has 136 valence electrons. The van der Waals surface area contributed by atoms with Crippen molar-refractivity contribution in [2.24, 2.45) is 5.92 Å². The van der Waals surface area contributed by atoms with Crippen LogP contribution in [-0.2, 0) is 4.79 Å². The Morgan fingerprint density at radius 3 is 2.20 bits per heavy atom. The van der Waals surface area contributed by atoms with Crippen molar-refractivity contribution in [2.45, 2.75) is 31.7 Å². The molecular formula is C19H26ClN3O2. The molecule has 0 atom stereocenters. The molecule has 25 heavy (non-hydrogen) atoms. The van der Waals surface area contributed by atoms with Gasteiger partial charge in [0.25, 0.3) is 5.91 Å². The van der Waals surface area contributed by atoms with E-state index in [2.05, 4.69) is 17.3 Å². The number of benzene rings is 1. The quantitative estimate of drug-likeness (QED) is 0.897. The lowest BCUT2D eigenvalue weighted by Gasteiger charge is -2.34. The Kier molecular flexibility index (Phi) is 5.97. The first-order valence-corrected chi connectivity index (χ1v) is 9.44. The van der Waals surface area contributed by atoms with Gasteiger partial charge in [0, 0.05) is 35.6 Å². The average Bonchev–Trinajstić information content (AvgIpc) is 2.64. The second kappa shape index (κ2) is 8.19. The summed E-state index contributed by atoms with van der Waals surface area (Å²) in [5.74, 6) is 0.202. The molecule has 2 aliphatic rings. The van der Waals surface area contributed by atoms with Crippen LogP contribution in [0.4, 0.5) is 0 Å². The lowest BCUT2D eigenvalue weighted by atomic mass is 9.94. The number of likely N-dealkylation sites (tertiary alicyclic amines) is 2. The van der Waals surface area contributed by atoms with Crippen molar-refractivity contribution < 1.29 is 9.59 Å². The van der Waals surface area contributed by atoms with Crippen LogP contribution in [0, 0.1) is 5.92 Å². The Hall–Kier alpha value is -1.59. The lowest BCUT2D eigenvalue weighted by molar-refractivity contribution is -0.127. The maximum atomic E-state index is 12.5. The molecule has 1 N–H and O–H groups in total. The molecule has 0 spiro atoms. The fourth-order valence-corrected chi connectivity index (χ4v) is 3.72. The van der Waals surface area contributed by atoms with Crippen LogP contribution in [0.2, 0.25) is 5.02 Å². The van der Waals surface area contributed by atoms with E-state index < -0.39 is 0 Å². The van der Waals surface area contributed by atoms with Crippen molar-refractivity contribution in [1.29, 1.82) is 0 Å². The summed E-state index contributed by atoms with van der Waals surface area (Å²) in [5, 5.41) is 3.83. The predicted octanol–water partition coefficient (Wildman–Crippen LogP) is 2.40. The van der Waals surface area contributed by atoms with Gasteiger partial charge in [0.05, 0.1) is 0 Å². The highest BCUT2D eigenvalue weighted by Crippen LogP contribution is 2.21. The molecule has 2 amide bonds. The first kappa shape index (κ1) is 18.2. The number of halogens is 1. The Morgan fingerprint density at radius 1 is 1.00 bits per heavy atom. The monoisotopic (exact) mass is 363 g/mol. The number of amides is 2. The van der Waals surface area contributed by atoms with Gasteiger partial charge in [0.1, 0.15) is 0 Å². The van der Waals surface area contributed by atoms with E-state index in [1.54, 1.807) is 24.3 Å². The van der Waals surface area contributed by atoms with Gasteiger partial charge >= 0.3 is 0 Å². The van der Waals surface area contributed by atoms with E-state index in [0.29, 0.717) is 29.7 Å². The highest BCUT2D eigenvalue weighted by atomic mass is 35.5. The molecule has 5 nitrogen and oxygen atoms in total. The summed E-state index contributed by atoms with van der Waals surface area (Å²) >= 11 is 5.87. The van der Waals surface area contributed by atoms with E-state index in [0.717, 1.165) is 38.8 Å². The van der Waals surface area contributed by atoms with Crippen LogP contribution < -0.4 is 5.32 Å². The zero-order valence-corrected chi connectivity index (χ0v) is 15.5. The normalized spacial score (nSPS) is 20.5. The highest BCUT2D eigenvalue weighted by Gasteiger charge is 2.29. The molecule has 0 aliphatic carbocycles. The molecule has 2 saturated heterocycles. The summed E-state index contributed by atoms with van der Waals surface area (Å²) in [6.07, 6.45) is 3.52. The van der Waals surface area contributed by atoms with Crippen LogP contribution in [0.15, 0.2) is 24.3 Å². The highest BCUT2D eigenvalue weighted by molar-refractivity contribution is 6.30. The first-order chi connectivity index (χ1) is 12.0. The number of piperidine rings is 2. The molecule has 1 aromatic rings. The van der Waals surface area contributed by atoms with Crippen LogP contribution in [0.3, 0.4) is 0 Å². The number of nitrogens with zero attached hydrogens (tertiary/aromatic N) is 2. The van der Waals surface area contributed by atoms with Gasteiger partial charge in [-0.05, 0) is 70.1 Å². The number of nitrogens with one attached hydrogen (secondary N) is 1. The van der Waals surface area contributed by atoms with E-state index in [4.69, 9.17) is 11.6 Å². The van der Waals surface area contributed by atoms with Gasteiger partial charge in [-0.25, -0.2) is 0 Å². The van der Waals surface area contributed by atoms with Crippen LogP contribution in [0.1, 0.15) is 36.0 Å². The van der Waals surface area contributed by atoms with Crippen LogP contribution in [0.5, 0.6) is 0 Å². The van der Waals surface area contributed by atoms with E-state index in [1.165, 1.54) is 0 Å². The van der Waals surface area contributed by atoms with Crippen LogP contribution >= 0.6 is 11.6 Å². The summed E-state index contributed by atoms with van der Waals surface area (Å²) in [4.78, 5) is 29.1. The van der Waals surface area contributed by atoms with Gasteiger partial charge < -0.3 is 15.1 Å². The molecule has 2 aliphatic heterocycles. The zero-order valence-electron chi connectivity index (χ0n) is 14.7. The van der Waals surface area contributed by atoms with E-state index in [9.17, 15) is 9.59 Å². The third-order valence-corrected chi connectivity index (χ3v) is 5.56. The summed E-state index contributed by atoms with van der Waals surface area (Å²) < 4.78 is 0. The molecular weight excluding hydrogens is 338 g/mol. The molecule has 3 rings (SSSR count). The second-order valence-electron chi connectivity index (χ2n) is 7.16. The summed E-state index contributed by atoms with van der Waals surface area (Å²) in [5.41, 5.74) is 0.652. The fraction of sp³-hybridized carbons (Fsp3) is 0.579. The van der Waals surface area contributed by atoms with Gasteiger partial charge in [-0.2, -0.15) is 0 Å². The number of rotatable bonds is 3. The predicted molar refractivity (Wildman–Crippen MR) is 98.7 cm³/mol. The Bertz CT molecular complexity index is 604. The zero-order chi connectivity index (χ0) is 17.8. The minimum atomic E-state index is 0.0193. The van der Waals surface area contributed by atoms with E-state index in [-0.39, 0.29) is 17.7 Å². The Balaban J connectivity index is 1.47. The van der Waals surface area contributed by atoms with Crippen molar-refractivity contribution in [3.63, 3.8) is 0 Å². The second-order valence-corrected chi connectivity index (χ2v) is 7.60.